The molecule has 0 aromatic rings. The van der Waals surface area contributed by atoms with E-state index in [-0.39, 0.29) is 70.4 Å². The normalized spacial score (nSPS) is 22.1. The molecule has 0 aromatic carbocycles. The lowest BCUT2D eigenvalue weighted by Crippen LogP contribution is -2.54. The number of allylic oxidation sites excluding steroid dienone is 2. The van der Waals surface area contributed by atoms with Gasteiger partial charge in [0.25, 0.3) is 14.3 Å². The first-order valence-electron chi connectivity index (χ1n) is 16.2. The number of carbonyl (C=O) groups excluding carboxylic acids is 3. The molecule has 7 nitrogen and oxygen atoms in total. The van der Waals surface area contributed by atoms with Crippen LogP contribution in [-0.2, 0) is 28.0 Å². The van der Waals surface area contributed by atoms with Crippen molar-refractivity contribution >= 4 is 34.3 Å². The number of hydrogen-bond donors (Lipinski definition) is 1. The lowest BCUT2D eigenvalue weighted by atomic mass is 9.90. The standard InChI is InChI=1S/C33H63NO6Si2/c1-15-16-27(35)19-28-18-17-25(8)29(38-28)20-31(36)34-21-30(39-41(13,14)33(10,11)12)26(9)32(37)40-42(22(2)3,23(4)5)24(6)7/h15-16,22-26,28-30H,17-21H2,1-14H3,(H,34,36)/b16-15+/t25-,26+,28+,29+,30-/m0/s1. The van der Waals surface area contributed by atoms with Crippen LogP contribution in [-0.4, -0.2) is 59.2 Å². The summed E-state index contributed by atoms with van der Waals surface area (Å²) in [5.41, 5.74) is 0.841. The van der Waals surface area contributed by atoms with Crippen molar-refractivity contribution in [2.45, 2.75) is 162 Å². The van der Waals surface area contributed by atoms with E-state index in [1.807, 2.05) is 13.8 Å². The number of rotatable bonds is 15. The van der Waals surface area contributed by atoms with Gasteiger partial charge in [0.05, 0.1) is 30.7 Å². The molecule has 0 unspecified atom stereocenters. The van der Waals surface area contributed by atoms with Gasteiger partial charge >= 0.3 is 0 Å². The van der Waals surface area contributed by atoms with Crippen molar-refractivity contribution in [3.05, 3.63) is 12.2 Å². The third-order valence-corrected chi connectivity index (χ3v) is 20.3. The number of hydrogen-bond acceptors (Lipinski definition) is 6. The molecule has 0 saturated carbocycles. The molecule has 0 radical (unpaired) electrons. The highest BCUT2D eigenvalue weighted by Gasteiger charge is 2.50. The van der Waals surface area contributed by atoms with Crippen LogP contribution in [0.3, 0.4) is 0 Å². The largest absolute Gasteiger partial charge is 0.518 e. The first-order valence-corrected chi connectivity index (χ1v) is 21.2. The molecule has 1 heterocycles. The van der Waals surface area contributed by atoms with Gasteiger partial charge in [-0.2, -0.15) is 0 Å². The Balaban J connectivity index is 3.09. The van der Waals surface area contributed by atoms with Crippen LogP contribution in [0.2, 0.25) is 34.8 Å². The van der Waals surface area contributed by atoms with E-state index < -0.39 is 28.7 Å². The number of ether oxygens (including phenoxy) is 1. The maximum atomic E-state index is 13.8. The molecule has 1 saturated heterocycles. The number of carbonyl (C=O) groups is 3. The van der Waals surface area contributed by atoms with Gasteiger partial charge < -0.3 is 18.9 Å². The highest BCUT2D eigenvalue weighted by Crippen LogP contribution is 2.43. The van der Waals surface area contributed by atoms with E-state index in [0.717, 1.165) is 12.8 Å². The molecule has 1 amide bonds. The molecular weight excluding hydrogens is 563 g/mol. The van der Waals surface area contributed by atoms with Gasteiger partial charge in [0.1, 0.15) is 0 Å². The Labute approximate surface area is 259 Å². The minimum Gasteiger partial charge on any atom is -0.518 e. The fourth-order valence-electron chi connectivity index (χ4n) is 6.08. The zero-order chi connectivity index (χ0) is 32.6. The summed E-state index contributed by atoms with van der Waals surface area (Å²) < 4.78 is 19.5. The second-order valence-electron chi connectivity index (χ2n) is 15.0. The Bertz CT molecular complexity index is 902. The van der Waals surface area contributed by atoms with Crippen molar-refractivity contribution in [2.24, 2.45) is 11.8 Å². The van der Waals surface area contributed by atoms with Gasteiger partial charge in [-0.25, -0.2) is 0 Å². The predicted octanol–water partition coefficient (Wildman–Crippen LogP) is 7.96. The summed E-state index contributed by atoms with van der Waals surface area (Å²) >= 11 is 0. The van der Waals surface area contributed by atoms with E-state index in [1.54, 1.807) is 12.2 Å². The maximum Gasteiger partial charge on any atom is 0.298 e. The molecule has 0 aromatic heterocycles. The molecular formula is C33H63NO6Si2. The molecule has 0 aliphatic carbocycles. The summed E-state index contributed by atoms with van der Waals surface area (Å²) in [6.45, 7) is 29.9. The van der Waals surface area contributed by atoms with E-state index in [4.69, 9.17) is 13.6 Å². The second kappa shape index (κ2) is 16.1. The van der Waals surface area contributed by atoms with E-state index in [0.29, 0.717) is 6.42 Å². The van der Waals surface area contributed by atoms with E-state index in [1.165, 1.54) is 0 Å². The van der Waals surface area contributed by atoms with E-state index >= 15 is 0 Å². The predicted molar refractivity (Wildman–Crippen MR) is 177 cm³/mol. The SMILES string of the molecule is C/C=C/C(=O)C[C@H]1CC[C@H](C)[C@@H](CC(=O)NC[C@H](O[Si](C)(C)C(C)(C)C)[C@@H](C)C(=O)O[Si](C(C)C)(C(C)C)C(C)C)O1. The minimum absolute atomic E-state index is 0.0474. The third-order valence-electron chi connectivity index (χ3n) is 9.78. The summed E-state index contributed by atoms with van der Waals surface area (Å²) in [5, 5.41) is 3.01. The van der Waals surface area contributed by atoms with Gasteiger partial charge in [0.2, 0.25) is 5.91 Å². The van der Waals surface area contributed by atoms with Crippen molar-refractivity contribution in [2.75, 3.05) is 6.54 Å². The summed E-state index contributed by atoms with van der Waals surface area (Å²) in [7, 11) is -4.69. The van der Waals surface area contributed by atoms with Crippen LogP contribution in [0.1, 0.15) is 109 Å². The highest BCUT2D eigenvalue weighted by atomic mass is 28.4. The highest BCUT2D eigenvalue weighted by molar-refractivity contribution is 6.79. The van der Waals surface area contributed by atoms with Crippen molar-refractivity contribution in [1.29, 1.82) is 0 Å². The van der Waals surface area contributed by atoms with Gasteiger partial charge in [-0.3, -0.25) is 14.4 Å². The molecule has 1 rings (SSSR count). The van der Waals surface area contributed by atoms with E-state index in [9.17, 15) is 14.4 Å². The zero-order valence-corrected chi connectivity index (χ0v) is 31.3. The summed E-state index contributed by atoms with van der Waals surface area (Å²) in [6.07, 6.45) is 4.69. The van der Waals surface area contributed by atoms with Gasteiger partial charge in [-0.1, -0.05) is 75.3 Å². The third kappa shape index (κ3) is 10.4. The molecule has 244 valence electrons. The van der Waals surface area contributed by atoms with E-state index in [2.05, 4.69) is 87.6 Å². The number of nitrogens with one attached hydrogen (secondary N) is 1. The molecule has 1 N–H and O–H groups in total. The first-order chi connectivity index (χ1) is 19.2. The van der Waals surface area contributed by atoms with Gasteiger partial charge in [0.15, 0.2) is 14.1 Å². The maximum absolute atomic E-state index is 13.8. The lowest BCUT2D eigenvalue weighted by molar-refractivity contribution is -0.144. The molecule has 0 spiro atoms. The van der Waals surface area contributed by atoms with Gasteiger partial charge in [0, 0.05) is 13.0 Å². The Kier molecular flexibility index (Phi) is 14.9. The van der Waals surface area contributed by atoms with Gasteiger partial charge in [-0.05, 0) is 73.4 Å². The Morgan fingerprint density at radius 1 is 0.952 bits per heavy atom. The molecule has 0 bridgehead atoms. The lowest BCUT2D eigenvalue weighted by Gasteiger charge is -2.44. The quantitative estimate of drug-likeness (QED) is 0.147. The van der Waals surface area contributed by atoms with Crippen LogP contribution in [0.25, 0.3) is 0 Å². The smallest absolute Gasteiger partial charge is 0.298 e. The average Bonchev–Trinajstić information content (AvgIpc) is 2.85. The Morgan fingerprint density at radius 3 is 1.98 bits per heavy atom. The van der Waals surface area contributed by atoms with Crippen LogP contribution in [0.5, 0.6) is 0 Å². The monoisotopic (exact) mass is 625 g/mol. The molecule has 5 atom stereocenters. The fraction of sp³-hybridized carbons (Fsp3) is 0.848. The van der Waals surface area contributed by atoms with Crippen LogP contribution in [0, 0.1) is 11.8 Å². The topological polar surface area (TPSA) is 90.9 Å². The summed E-state index contributed by atoms with van der Waals surface area (Å²) in [6, 6.07) is 0. The summed E-state index contributed by atoms with van der Waals surface area (Å²) in [5.74, 6) is -0.626. The van der Waals surface area contributed by atoms with Crippen LogP contribution >= 0.6 is 0 Å². The van der Waals surface area contributed by atoms with Crippen molar-refractivity contribution in [3.63, 3.8) is 0 Å². The zero-order valence-electron chi connectivity index (χ0n) is 29.3. The fourth-order valence-corrected chi connectivity index (χ4v) is 12.7. The van der Waals surface area contributed by atoms with Crippen molar-refractivity contribution < 1.29 is 28.0 Å². The van der Waals surface area contributed by atoms with Crippen LogP contribution < -0.4 is 5.32 Å². The minimum atomic E-state index is -2.43. The first kappa shape index (κ1) is 38.7. The van der Waals surface area contributed by atoms with Crippen molar-refractivity contribution in [3.8, 4) is 0 Å². The number of ketones is 1. The number of amides is 1. The molecule has 1 fully saturated rings. The molecule has 1 aliphatic rings. The Morgan fingerprint density at radius 2 is 1.50 bits per heavy atom. The molecule has 42 heavy (non-hydrogen) atoms. The molecule has 1 aliphatic heterocycles. The van der Waals surface area contributed by atoms with Crippen LogP contribution in [0.15, 0.2) is 12.2 Å². The van der Waals surface area contributed by atoms with Crippen LogP contribution in [0.4, 0.5) is 0 Å². The van der Waals surface area contributed by atoms with Gasteiger partial charge in [-0.15, -0.1) is 0 Å². The molecule has 9 heteroatoms. The van der Waals surface area contributed by atoms with Crippen molar-refractivity contribution in [1.82, 2.24) is 5.32 Å². The summed E-state index contributed by atoms with van der Waals surface area (Å²) in [4.78, 5) is 39.1. The average molecular weight is 626 g/mol. The Hall–Kier alpha value is -1.30. The second-order valence-corrected chi connectivity index (χ2v) is 25.1.